The Morgan fingerprint density at radius 1 is 1.10 bits per heavy atom. The van der Waals surface area contributed by atoms with E-state index < -0.39 is 0 Å². The van der Waals surface area contributed by atoms with E-state index in [1.54, 1.807) is 6.07 Å². The van der Waals surface area contributed by atoms with Crippen molar-refractivity contribution >= 4 is 0 Å². The highest BCUT2D eigenvalue weighted by atomic mass is 19.1. The standard InChI is InChI=1S/C17H17FN2/c1-2-20(12-14-6-4-3-5-7-14)13-16-10-17(18)9-8-15(16)11-19/h3-10H,2,12-13H2,1H3. The maximum absolute atomic E-state index is 13.3. The number of halogens is 1. The molecular weight excluding hydrogens is 251 g/mol. The molecule has 0 aliphatic carbocycles. The molecule has 0 unspecified atom stereocenters. The predicted molar refractivity (Wildman–Crippen MR) is 77.3 cm³/mol. The Kier molecular flexibility index (Phi) is 4.86. The first kappa shape index (κ1) is 14.2. The van der Waals surface area contributed by atoms with Crippen LogP contribution in [-0.4, -0.2) is 11.4 Å². The molecular formula is C17H17FN2. The molecule has 0 radical (unpaired) electrons. The van der Waals surface area contributed by atoms with E-state index >= 15 is 0 Å². The van der Waals surface area contributed by atoms with E-state index in [4.69, 9.17) is 5.26 Å². The molecule has 0 amide bonds. The van der Waals surface area contributed by atoms with E-state index in [2.05, 4.69) is 30.0 Å². The lowest BCUT2D eigenvalue weighted by molar-refractivity contribution is 0.271. The minimum absolute atomic E-state index is 0.297. The van der Waals surface area contributed by atoms with Gasteiger partial charge in [-0.15, -0.1) is 0 Å². The van der Waals surface area contributed by atoms with E-state index in [1.165, 1.54) is 17.7 Å². The van der Waals surface area contributed by atoms with Crippen LogP contribution in [0.4, 0.5) is 4.39 Å². The monoisotopic (exact) mass is 268 g/mol. The smallest absolute Gasteiger partial charge is 0.123 e. The summed E-state index contributed by atoms with van der Waals surface area (Å²) in [6.45, 7) is 4.27. The summed E-state index contributed by atoms with van der Waals surface area (Å²) < 4.78 is 13.3. The van der Waals surface area contributed by atoms with Gasteiger partial charge in [0, 0.05) is 13.1 Å². The summed E-state index contributed by atoms with van der Waals surface area (Å²) in [6, 6.07) is 16.6. The lowest BCUT2D eigenvalue weighted by atomic mass is 10.1. The van der Waals surface area contributed by atoms with Crippen LogP contribution in [0.25, 0.3) is 0 Å². The van der Waals surface area contributed by atoms with Crippen LogP contribution in [0.15, 0.2) is 48.5 Å². The number of nitrogens with zero attached hydrogens (tertiary/aromatic N) is 2. The third-order valence-electron chi connectivity index (χ3n) is 3.28. The van der Waals surface area contributed by atoms with Crippen molar-refractivity contribution in [3.63, 3.8) is 0 Å². The first-order valence-corrected chi connectivity index (χ1v) is 6.67. The molecule has 0 saturated carbocycles. The summed E-state index contributed by atoms with van der Waals surface area (Å²) in [5.41, 5.74) is 2.49. The van der Waals surface area contributed by atoms with Crippen LogP contribution in [0.1, 0.15) is 23.6 Å². The molecule has 0 N–H and O–H groups in total. The summed E-state index contributed by atoms with van der Waals surface area (Å²) >= 11 is 0. The van der Waals surface area contributed by atoms with Gasteiger partial charge in [0.1, 0.15) is 5.82 Å². The summed E-state index contributed by atoms with van der Waals surface area (Å²) in [7, 11) is 0. The normalized spacial score (nSPS) is 10.5. The molecule has 0 bridgehead atoms. The molecule has 0 saturated heterocycles. The van der Waals surface area contributed by atoms with Crippen molar-refractivity contribution in [2.45, 2.75) is 20.0 Å². The average Bonchev–Trinajstić information content (AvgIpc) is 2.48. The number of benzene rings is 2. The molecule has 2 nitrogen and oxygen atoms in total. The van der Waals surface area contributed by atoms with Gasteiger partial charge in [-0.25, -0.2) is 4.39 Å². The van der Waals surface area contributed by atoms with Crippen molar-refractivity contribution < 1.29 is 4.39 Å². The second kappa shape index (κ2) is 6.83. The van der Waals surface area contributed by atoms with Gasteiger partial charge in [-0.3, -0.25) is 4.90 Å². The Balaban J connectivity index is 2.14. The second-order valence-electron chi connectivity index (χ2n) is 4.70. The van der Waals surface area contributed by atoms with Gasteiger partial charge in [0.25, 0.3) is 0 Å². The van der Waals surface area contributed by atoms with Gasteiger partial charge in [0.15, 0.2) is 0 Å². The lowest BCUT2D eigenvalue weighted by Gasteiger charge is -2.21. The Labute approximate surface area is 119 Å². The van der Waals surface area contributed by atoms with E-state index in [9.17, 15) is 4.39 Å². The highest BCUT2D eigenvalue weighted by Gasteiger charge is 2.09. The van der Waals surface area contributed by atoms with E-state index in [0.29, 0.717) is 12.1 Å². The average molecular weight is 268 g/mol. The van der Waals surface area contributed by atoms with Gasteiger partial charge in [-0.2, -0.15) is 5.26 Å². The van der Waals surface area contributed by atoms with Crippen molar-refractivity contribution in [2.75, 3.05) is 6.54 Å². The summed E-state index contributed by atoms with van der Waals surface area (Å²) in [5, 5.41) is 9.09. The van der Waals surface area contributed by atoms with E-state index in [1.807, 2.05) is 18.2 Å². The zero-order valence-corrected chi connectivity index (χ0v) is 11.5. The van der Waals surface area contributed by atoms with Crippen LogP contribution < -0.4 is 0 Å². The van der Waals surface area contributed by atoms with Gasteiger partial charge in [0.2, 0.25) is 0 Å². The maximum Gasteiger partial charge on any atom is 0.123 e. The molecule has 2 rings (SSSR count). The van der Waals surface area contributed by atoms with Gasteiger partial charge in [0.05, 0.1) is 11.6 Å². The zero-order valence-electron chi connectivity index (χ0n) is 11.5. The lowest BCUT2D eigenvalue weighted by Crippen LogP contribution is -2.22. The Morgan fingerprint density at radius 2 is 1.85 bits per heavy atom. The SMILES string of the molecule is CCN(Cc1ccccc1)Cc1cc(F)ccc1C#N. The largest absolute Gasteiger partial charge is 0.295 e. The summed E-state index contributed by atoms with van der Waals surface area (Å²) in [4.78, 5) is 2.19. The van der Waals surface area contributed by atoms with Crippen LogP contribution in [0.5, 0.6) is 0 Å². The Morgan fingerprint density at radius 3 is 2.50 bits per heavy atom. The van der Waals surface area contributed by atoms with Crippen LogP contribution in [0, 0.1) is 17.1 Å². The third kappa shape index (κ3) is 3.66. The molecule has 0 fully saturated rings. The van der Waals surface area contributed by atoms with Crippen LogP contribution >= 0.6 is 0 Å². The molecule has 102 valence electrons. The minimum atomic E-state index is -0.297. The highest BCUT2D eigenvalue weighted by Crippen LogP contribution is 2.15. The Hall–Kier alpha value is -2.18. The predicted octanol–water partition coefficient (Wildman–Crippen LogP) is 3.72. The molecule has 2 aromatic carbocycles. The van der Waals surface area contributed by atoms with E-state index in [-0.39, 0.29) is 5.82 Å². The van der Waals surface area contributed by atoms with Crippen molar-refractivity contribution in [2.24, 2.45) is 0 Å². The van der Waals surface area contributed by atoms with Gasteiger partial charge in [-0.1, -0.05) is 37.3 Å². The van der Waals surface area contributed by atoms with Crippen molar-refractivity contribution in [1.29, 1.82) is 5.26 Å². The van der Waals surface area contributed by atoms with Crippen LogP contribution in [-0.2, 0) is 13.1 Å². The number of rotatable bonds is 5. The highest BCUT2D eigenvalue weighted by molar-refractivity contribution is 5.37. The van der Waals surface area contributed by atoms with Crippen molar-refractivity contribution in [3.05, 3.63) is 71.0 Å². The molecule has 3 heteroatoms. The quantitative estimate of drug-likeness (QED) is 0.826. The second-order valence-corrected chi connectivity index (χ2v) is 4.70. The molecule has 20 heavy (non-hydrogen) atoms. The molecule has 2 aromatic rings. The van der Waals surface area contributed by atoms with Crippen LogP contribution in [0.3, 0.4) is 0 Å². The fourth-order valence-corrected chi connectivity index (χ4v) is 2.16. The third-order valence-corrected chi connectivity index (χ3v) is 3.28. The molecule has 0 atom stereocenters. The number of nitriles is 1. The van der Waals surface area contributed by atoms with Crippen molar-refractivity contribution in [1.82, 2.24) is 4.90 Å². The topological polar surface area (TPSA) is 27.0 Å². The number of hydrogen-bond acceptors (Lipinski definition) is 2. The molecule has 0 heterocycles. The molecule has 0 aromatic heterocycles. The molecule has 0 spiro atoms. The first-order chi connectivity index (χ1) is 9.72. The fourth-order valence-electron chi connectivity index (χ4n) is 2.16. The van der Waals surface area contributed by atoms with E-state index in [0.717, 1.165) is 18.7 Å². The van der Waals surface area contributed by atoms with Gasteiger partial charge < -0.3 is 0 Å². The Bertz CT molecular complexity index is 602. The van der Waals surface area contributed by atoms with Crippen molar-refractivity contribution in [3.8, 4) is 6.07 Å². The summed E-state index contributed by atoms with van der Waals surface area (Å²) in [5.74, 6) is -0.297. The fraction of sp³-hybridized carbons (Fsp3) is 0.235. The zero-order chi connectivity index (χ0) is 14.4. The van der Waals surface area contributed by atoms with Gasteiger partial charge in [-0.05, 0) is 35.9 Å². The molecule has 0 aliphatic rings. The maximum atomic E-state index is 13.3. The van der Waals surface area contributed by atoms with Gasteiger partial charge >= 0.3 is 0 Å². The summed E-state index contributed by atoms with van der Waals surface area (Å²) in [6.07, 6.45) is 0. The minimum Gasteiger partial charge on any atom is -0.295 e. The van der Waals surface area contributed by atoms with Crippen LogP contribution in [0.2, 0.25) is 0 Å². The molecule has 0 aliphatic heterocycles. The number of hydrogen-bond donors (Lipinski definition) is 0. The first-order valence-electron chi connectivity index (χ1n) is 6.67.